The van der Waals surface area contributed by atoms with Gasteiger partial charge in [0.25, 0.3) is 5.65 Å². The summed E-state index contributed by atoms with van der Waals surface area (Å²) < 4.78 is 39.9. The van der Waals surface area contributed by atoms with Crippen LogP contribution in [0.15, 0.2) is 35.5 Å². The van der Waals surface area contributed by atoms with Gasteiger partial charge in [0.05, 0.1) is 28.5 Å². The van der Waals surface area contributed by atoms with Crippen molar-refractivity contribution >= 4 is 27.8 Å². The largest absolute Gasteiger partial charge is 0.397 e. The number of aromatic amines is 2. The first-order valence-corrected chi connectivity index (χ1v) is 9.12. The minimum atomic E-state index is -4.52. The van der Waals surface area contributed by atoms with Gasteiger partial charge in [0, 0.05) is 25.4 Å². The summed E-state index contributed by atoms with van der Waals surface area (Å²) >= 11 is 0. The number of alkyl halides is 3. The van der Waals surface area contributed by atoms with Crippen LogP contribution in [0.4, 0.5) is 13.2 Å². The van der Waals surface area contributed by atoms with E-state index in [0.717, 1.165) is 11.0 Å². The average molecular weight is 393 g/mol. The molecule has 6 nitrogen and oxygen atoms in total. The summed E-state index contributed by atoms with van der Waals surface area (Å²) in [6, 6.07) is 3.08. The number of nitrogens with one attached hydrogen (secondary N) is 2. The van der Waals surface area contributed by atoms with Crippen LogP contribution >= 0.6 is 0 Å². The first-order valence-electron chi connectivity index (χ1n) is 9.12. The lowest BCUT2D eigenvalue weighted by Gasteiger charge is -2.39. The zero-order chi connectivity index (χ0) is 20.1. The first kappa shape index (κ1) is 18.5. The Hall–Kier alpha value is -2.84. The first-order chi connectivity index (χ1) is 13.2. The molecule has 0 aromatic carbocycles. The zero-order valence-electron chi connectivity index (χ0n) is 15.2. The molecule has 0 aliphatic carbocycles. The summed E-state index contributed by atoms with van der Waals surface area (Å²) in [5.74, 6) is -0.770. The lowest BCUT2D eigenvalue weighted by molar-refractivity contribution is -0.345. The minimum absolute atomic E-state index is 0.138. The van der Waals surface area contributed by atoms with E-state index >= 15 is 0 Å². The molecule has 1 aliphatic rings. The molecule has 28 heavy (non-hydrogen) atoms. The highest BCUT2D eigenvalue weighted by Gasteiger charge is 2.37. The van der Waals surface area contributed by atoms with Crippen molar-refractivity contribution in [2.75, 3.05) is 13.1 Å². The van der Waals surface area contributed by atoms with Gasteiger partial charge >= 0.3 is 6.18 Å². The lowest BCUT2D eigenvalue weighted by Crippen LogP contribution is -2.45. The van der Waals surface area contributed by atoms with Crippen molar-refractivity contribution in [3.05, 3.63) is 40.9 Å². The van der Waals surface area contributed by atoms with Crippen LogP contribution in [0.25, 0.3) is 21.9 Å². The van der Waals surface area contributed by atoms with Crippen molar-refractivity contribution in [3.63, 3.8) is 0 Å². The Balaban J connectivity index is 1.78. The summed E-state index contributed by atoms with van der Waals surface area (Å²) in [5, 5.41) is 1.32. The van der Waals surface area contributed by atoms with E-state index < -0.39 is 18.5 Å². The Labute approximate surface area is 158 Å². The van der Waals surface area contributed by atoms with Crippen LogP contribution in [0.1, 0.15) is 25.8 Å². The van der Waals surface area contributed by atoms with E-state index in [9.17, 15) is 22.8 Å². The summed E-state index contributed by atoms with van der Waals surface area (Å²) in [5.41, 5.74) is 1.32. The van der Waals surface area contributed by atoms with Crippen LogP contribution in [-0.4, -0.2) is 39.6 Å². The highest BCUT2D eigenvalue weighted by Crippen LogP contribution is 2.32. The number of halogens is 3. The van der Waals surface area contributed by atoms with Crippen molar-refractivity contribution in [3.8, 4) is 0 Å². The molecule has 4 heterocycles. The third kappa shape index (κ3) is 3.25. The smallest absolute Gasteiger partial charge is 0.341 e. The fourth-order valence-electron chi connectivity index (χ4n) is 4.02. The summed E-state index contributed by atoms with van der Waals surface area (Å²) in [6.45, 7) is 2.50. The number of carbonyl (C=O) groups is 1. The highest BCUT2D eigenvalue weighted by molar-refractivity contribution is 6.00. The van der Waals surface area contributed by atoms with Gasteiger partial charge in [-0.3, -0.25) is 9.59 Å². The summed E-state index contributed by atoms with van der Waals surface area (Å²) in [7, 11) is 0. The van der Waals surface area contributed by atoms with Crippen LogP contribution in [0, 0.1) is 5.92 Å². The van der Waals surface area contributed by atoms with E-state index in [0.29, 0.717) is 23.9 Å². The molecule has 0 bridgehead atoms. The van der Waals surface area contributed by atoms with Crippen molar-refractivity contribution < 1.29 is 22.9 Å². The monoisotopic (exact) mass is 393 g/mol. The Bertz CT molecular complexity index is 1100. The van der Waals surface area contributed by atoms with Crippen molar-refractivity contribution in [2.24, 2.45) is 5.92 Å². The molecule has 0 saturated carbocycles. The van der Waals surface area contributed by atoms with Crippen LogP contribution in [-0.2, 0) is 4.79 Å². The molecule has 1 fully saturated rings. The van der Waals surface area contributed by atoms with Gasteiger partial charge in [0.2, 0.25) is 5.91 Å². The lowest BCUT2D eigenvalue weighted by atomic mass is 9.92. The van der Waals surface area contributed by atoms with Gasteiger partial charge in [-0.15, -0.1) is 0 Å². The van der Waals surface area contributed by atoms with Gasteiger partial charge in [0.15, 0.2) is 5.43 Å². The molecule has 148 valence electrons. The Kier molecular flexibility index (Phi) is 4.40. The molecule has 1 aliphatic heterocycles. The van der Waals surface area contributed by atoms with Crippen molar-refractivity contribution in [1.82, 2.24) is 14.5 Å². The molecule has 3 aromatic heterocycles. The number of rotatable bonds is 2. The number of likely N-dealkylation sites (tertiary alicyclic amines) is 1. The Morgan fingerprint density at radius 2 is 2.11 bits per heavy atom. The van der Waals surface area contributed by atoms with Gasteiger partial charge in [-0.05, 0) is 18.4 Å². The number of hydrogen-bond acceptors (Lipinski definition) is 2. The number of nitrogens with zero attached hydrogens (tertiary/aromatic N) is 2. The molecule has 3 aromatic rings. The topological polar surface area (TPSA) is 72.2 Å². The number of piperidine rings is 1. The van der Waals surface area contributed by atoms with Crippen LogP contribution in [0.5, 0.6) is 0 Å². The third-order valence-electron chi connectivity index (χ3n) is 5.51. The molecule has 0 spiro atoms. The van der Waals surface area contributed by atoms with E-state index in [-0.39, 0.29) is 23.9 Å². The molecular formula is C19H20F3N4O2+. The highest BCUT2D eigenvalue weighted by atomic mass is 19.4. The molecular weight excluding hydrogens is 373 g/mol. The van der Waals surface area contributed by atoms with E-state index in [1.165, 1.54) is 11.0 Å². The van der Waals surface area contributed by atoms with E-state index in [1.54, 1.807) is 18.6 Å². The van der Waals surface area contributed by atoms with Crippen LogP contribution in [0.3, 0.4) is 0 Å². The van der Waals surface area contributed by atoms with Gasteiger partial charge in [-0.25, -0.2) is 9.97 Å². The molecule has 1 amide bonds. The van der Waals surface area contributed by atoms with Gasteiger partial charge < -0.3 is 9.47 Å². The molecule has 2 N–H and O–H groups in total. The quantitative estimate of drug-likeness (QED) is 0.727. The second kappa shape index (κ2) is 6.65. The number of aromatic nitrogens is 3. The summed E-state index contributed by atoms with van der Waals surface area (Å²) in [6.07, 6.45) is -0.311. The number of pyridine rings is 2. The molecule has 9 heteroatoms. The molecule has 4 rings (SSSR count). The SMILES string of the molecule is CC1CCN(C(=O)CC(F)(F)F)CC1n1ccc(=O)c2c[nH+]c3[nH]ccc3c21. The fourth-order valence-corrected chi connectivity index (χ4v) is 4.02. The molecule has 1 saturated heterocycles. The fraction of sp³-hybridized carbons (Fsp3) is 0.421. The van der Waals surface area contributed by atoms with Crippen LogP contribution < -0.4 is 10.4 Å². The normalized spacial score (nSPS) is 20.8. The third-order valence-corrected chi connectivity index (χ3v) is 5.51. The number of H-pyrrole nitrogens is 2. The maximum absolute atomic E-state index is 12.7. The molecule has 2 unspecified atom stereocenters. The van der Waals surface area contributed by atoms with Crippen molar-refractivity contribution in [1.29, 1.82) is 0 Å². The number of amides is 1. The number of carbonyl (C=O) groups excluding carboxylic acids is 1. The number of fused-ring (bicyclic) bond motifs is 3. The zero-order valence-corrected chi connectivity index (χ0v) is 15.2. The second-order valence-corrected chi connectivity index (χ2v) is 7.37. The minimum Gasteiger partial charge on any atom is -0.341 e. The van der Waals surface area contributed by atoms with Crippen LogP contribution in [0.2, 0.25) is 0 Å². The second-order valence-electron chi connectivity index (χ2n) is 7.37. The average Bonchev–Trinajstić information content (AvgIpc) is 3.10. The predicted molar refractivity (Wildman–Crippen MR) is 96.7 cm³/mol. The predicted octanol–water partition coefficient (Wildman–Crippen LogP) is 2.66. The Morgan fingerprint density at radius 1 is 1.32 bits per heavy atom. The number of hydrogen-bond donors (Lipinski definition) is 1. The molecule has 0 radical (unpaired) electrons. The van der Waals surface area contributed by atoms with Crippen molar-refractivity contribution in [2.45, 2.75) is 32.0 Å². The van der Waals surface area contributed by atoms with E-state index in [4.69, 9.17) is 0 Å². The molecule has 2 atom stereocenters. The van der Waals surface area contributed by atoms with Gasteiger partial charge in [-0.2, -0.15) is 13.2 Å². The van der Waals surface area contributed by atoms with E-state index in [2.05, 4.69) is 9.97 Å². The maximum atomic E-state index is 12.7. The maximum Gasteiger partial charge on any atom is 0.397 e. The standard InChI is InChI=1S/C19H19F3N4O2/c1-11-3-6-25(16(28)8-19(20,21)22)10-14(11)26-7-4-15(27)13-9-24-18-12(17(13)26)2-5-23-18/h2,4-5,7,9,11,14H,3,6,8,10H2,1H3,(H,23,24)/p+1. The van der Waals surface area contributed by atoms with E-state index in [1.807, 2.05) is 17.6 Å². The van der Waals surface area contributed by atoms with Gasteiger partial charge in [0.1, 0.15) is 12.6 Å². The van der Waals surface area contributed by atoms with Gasteiger partial charge in [-0.1, -0.05) is 6.92 Å². The summed E-state index contributed by atoms with van der Waals surface area (Å²) in [4.78, 5) is 31.9. The Morgan fingerprint density at radius 3 is 2.86 bits per heavy atom.